The van der Waals surface area contributed by atoms with Gasteiger partial charge in [0.05, 0.1) is 0 Å². The molecule has 1 heterocycles. The first-order valence-electron chi connectivity index (χ1n) is 7.91. The maximum atomic E-state index is 12.4. The number of rotatable bonds is 6. The van der Waals surface area contributed by atoms with Crippen LogP contribution in [0.5, 0.6) is 0 Å². The van der Waals surface area contributed by atoms with E-state index in [4.69, 9.17) is 0 Å². The van der Waals surface area contributed by atoms with Gasteiger partial charge in [-0.25, -0.2) is 9.97 Å². The summed E-state index contributed by atoms with van der Waals surface area (Å²) in [5.74, 6) is 0.865. The topological polar surface area (TPSA) is 66.9 Å². The summed E-state index contributed by atoms with van der Waals surface area (Å²) >= 11 is 0. The highest BCUT2D eigenvalue weighted by Crippen LogP contribution is 2.17. The van der Waals surface area contributed by atoms with Gasteiger partial charge in [-0.1, -0.05) is 31.5 Å². The van der Waals surface area contributed by atoms with Gasteiger partial charge in [0.2, 0.25) is 5.95 Å². The molecular weight excluding hydrogens is 288 g/mol. The number of amides is 1. The number of aromatic nitrogens is 2. The molecule has 5 nitrogen and oxygen atoms in total. The van der Waals surface area contributed by atoms with Crippen LogP contribution in [0.3, 0.4) is 0 Å². The van der Waals surface area contributed by atoms with Crippen LogP contribution in [0.15, 0.2) is 30.5 Å². The molecule has 122 valence electrons. The summed E-state index contributed by atoms with van der Waals surface area (Å²) < 4.78 is 0. The first-order valence-corrected chi connectivity index (χ1v) is 7.91. The normalized spacial score (nSPS) is 10.7. The van der Waals surface area contributed by atoms with Gasteiger partial charge in [0.25, 0.3) is 5.91 Å². The molecule has 0 spiro atoms. The highest BCUT2D eigenvalue weighted by Gasteiger charge is 2.10. The molecule has 0 saturated heterocycles. The van der Waals surface area contributed by atoms with Crippen LogP contribution in [0.1, 0.15) is 41.9 Å². The number of hydrogen-bond acceptors (Lipinski definition) is 4. The van der Waals surface area contributed by atoms with Gasteiger partial charge in [0, 0.05) is 18.4 Å². The number of nitrogens with one attached hydrogen (secondary N) is 2. The Hall–Kier alpha value is -2.43. The van der Waals surface area contributed by atoms with Crippen molar-refractivity contribution in [2.24, 2.45) is 5.92 Å². The second kappa shape index (κ2) is 7.72. The van der Waals surface area contributed by atoms with Crippen molar-refractivity contribution in [2.75, 3.05) is 17.2 Å². The van der Waals surface area contributed by atoms with Crippen molar-refractivity contribution >= 4 is 17.5 Å². The number of anilines is 2. The number of hydrogen-bond donors (Lipinski definition) is 2. The maximum Gasteiger partial charge on any atom is 0.274 e. The zero-order valence-corrected chi connectivity index (χ0v) is 14.2. The van der Waals surface area contributed by atoms with E-state index in [2.05, 4.69) is 34.4 Å². The Labute approximate surface area is 137 Å². The third-order valence-corrected chi connectivity index (χ3v) is 3.52. The molecule has 0 saturated carbocycles. The van der Waals surface area contributed by atoms with Gasteiger partial charge in [-0.05, 0) is 43.9 Å². The Morgan fingerprint density at radius 1 is 1.22 bits per heavy atom. The van der Waals surface area contributed by atoms with Gasteiger partial charge in [0.1, 0.15) is 5.69 Å². The third-order valence-electron chi connectivity index (χ3n) is 3.52. The average Bonchev–Trinajstić information content (AvgIpc) is 2.50. The minimum Gasteiger partial charge on any atom is -0.354 e. The Bertz CT molecular complexity index is 682. The molecule has 2 N–H and O–H groups in total. The van der Waals surface area contributed by atoms with Crippen molar-refractivity contribution in [1.82, 2.24) is 9.97 Å². The first kappa shape index (κ1) is 16.9. The van der Waals surface area contributed by atoms with Crippen LogP contribution >= 0.6 is 0 Å². The van der Waals surface area contributed by atoms with Crippen molar-refractivity contribution in [1.29, 1.82) is 0 Å². The molecule has 1 aromatic heterocycles. The Morgan fingerprint density at radius 2 is 2.00 bits per heavy atom. The number of carbonyl (C=O) groups is 1. The monoisotopic (exact) mass is 312 g/mol. The van der Waals surface area contributed by atoms with E-state index in [1.807, 2.05) is 32.0 Å². The van der Waals surface area contributed by atoms with Crippen LogP contribution in [0.4, 0.5) is 11.6 Å². The zero-order chi connectivity index (χ0) is 16.8. The molecule has 0 bridgehead atoms. The summed E-state index contributed by atoms with van der Waals surface area (Å²) in [7, 11) is 0. The Kier molecular flexibility index (Phi) is 5.68. The molecule has 5 heteroatoms. The lowest BCUT2D eigenvalue weighted by Crippen LogP contribution is -2.16. The number of nitrogens with zero attached hydrogens (tertiary/aromatic N) is 2. The average molecular weight is 312 g/mol. The molecule has 0 atom stereocenters. The minimum atomic E-state index is -0.230. The fraction of sp³-hybridized carbons (Fsp3) is 0.389. The summed E-state index contributed by atoms with van der Waals surface area (Å²) in [6, 6.07) is 7.54. The molecule has 0 aliphatic heterocycles. The molecular formula is C18H24N4O. The van der Waals surface area contributed by atoms with Crippen molar-refractivity contribution in [3.63, 3.8) is 0 Å². The molecule has 2 rings (SSSR count). The van der Waals surface area contributed by atoms with Crippen molar-refractivity contribution in [2.45, 2.75) is 34.1 Å². The van der Waals surface area contributed by atoms with Crippen molar-refractivity contribution in [3.8, 4) is 0 Å². The lowest BCUT2D eigenvalue weighted by atomic mass is 10.1. The van der Waals surface area contributed by atoms with E-state index in [1.165, 1.54) is 5.56 Å². The van der Waals surface area contributed by atoms with E-state index in [1.54, 1.807) is 12.3 Å². The molecule has 1 aromatic carbocycles. The first-order chi connectivity index (χ1) is 11.0. The molecule has 0 aliphatic carbocycles. The van der Waals surface area contributed by atoms with Gasteiger partial charge >= 0.3 is 0 Å². The van der Waals surface area contributed by atoms with Crippen molar-refractivity contribution in [3.05, 3.63) is 47.3 Å². The molecule has 23 heavy (non-hydrogen) atoms. The maximum absolute atomic E-state index is 12.4. The predicted molar refractivity (Wildman–Crippen MR) is 93.8 cm³/mol. The van der Waals surface area contributed by atoms with Crippen molar-refractivity contribution < 1.29 is 4.79 Å². The number of benzene rings is 1. The molecule has 2 aromatic rings. The molecule has 0 aliphatic rings. The van der Waals surface area contributed by atoms with E-state index in [9.17, 15) is 4.79 Å². The second-order valence-corrected chi connectivity index (χ2v) is 6.15. The SMILES string of the molecule is Cc1ccc(NC(=O)c2ccnc(NCCC(C)C)n2)c(C)c1. The fourth-order valence-electron chi connectivity index (χ4n) is 2.18. The van der Waals surface area contributed by atoms with Crippen LogP contribution < -0.4 is 10.6 Å². The summed E-state index contributed by atoms with van der Waals surface area (Å²) in [4.78, 5) is 20.8. The minimum absolute atomic E-state index is 0.230. The van der Waals surface area contributed by atoms with E-state index in [0.29, 0.717) is 17.6 Å². The van der Waals surface area contributed by atoms with Gasteiger partial charge in [0.15, 0.2) is 0 Å². The lowest BCUT2D eigenvalue weighted by molar-refractivity contribution is 0.102. The molecule has 0 radical (unpaired) electrons. The highest BCUT2D eigenvalue weighted by molar-refractivity contribution is 6.03. The van der Waals surface area contributed by atoms with Crippen LogP contribution in [-0.2, 0) is 0 Å². The van der Waals surface area contributed by atoms with Crippen LogP contribution in [0, 0.1) is 19.8 Å². The van der Waals surface area contributed by atoms with Gasteiger partial charge < -0.3 is 10.6 Å². The van der Waals surface area contributed by atoms with Gasteiger partial charge in [-0.3, -0.25) is 4.79 Å². The summed E-state index contributed by atoms with van der Waals surface area (Å²) in [6.07, 6.45) is 2.63. The standard InChI is InChI=1S/C18H24N4O/c1-12(2)7-9-19-18-20-10-8-16(22-18)17(23)21-15-6-5-13(3)11-14(15)4/h5-6,8,10-12H,7,9H2,1-4H3,(H,21,23)(H,19,20,22). The van der Waals surface area contributed by atoms with Gasteiger partial charge in [-0.15, -0.1) is 0 Å². The smallest absolute Gasteiger partial charge is 0.274 e. The summed E-state index contributed by atoms with van der Waals surface area (Å²) in [6.45, 7) is 9.12. The second-order valence-electron chi connectivity index (χ2n) is 6.15. The predicted octanol–water partition coefficient (Wildman–Crippen LogP) is 3.80. The van der Waals surface area contributed by atoms with Crippen LogP contribution in [0.2, 0.25) is 0 Å². The summed E-state index contributed by atoms with van der Waals surface area (Å²) in [5.41, 5.74) is 3.35. The summed E-state index contributed by atoms with van der Waals surface area (Å²) in [5, 5.41) is 6.05. The van der Waals surface area contributed by atoms with E-state index >= 15 is 0 Å². The number of aryl methyl sites for hydroxylation is 2. The van der Waals surface area contributed by atoms with Gasteiger partial charge in [-0.2, -0.15) is 0 Å². The third kappa shape index (κ3) is 5.06. The molecule has 0 unspecified atom stereocenters. The molecule has 1 amide bonds. The Morgan fingerprint density at radius 3 is 2.70 bits per heavy atom. The van der Waals surface area contributed by atoms with E-state index < -0.39 is 0 Å². The zero-order valence-electron chi connectivity index (χ0n) is 14.2. The van der Waals surface area contributed by atoms with E-state index in [-0.39, 0.29) is 5.91 Å². The highest BCUT2D eigenvalue weighted by atomic mass is 16.1. The fourth-order valence-corrected chi connectivity index (χ4v) is 2.18. The lowest BCUT2D eigenvalue weighted by Gasteiger charge is -2.10. The Balaban J connectivity index is 2.04. The van der Waals surface area contributed by atoms with Crippen LogP contribution in [-0.4, -0.2) is 22.4 Å². The largest absolute Gasteiger partial charge is 0.354 e. The number of carbonyl (C=O) groups excluding carboxylic acids is 1. The quantitative estimate of drug-likeness (QED) is 0.851. The molecule has 0 fully saturated rings. The van der Waals surface area contributed by atoms with E-state index in [0.717, 1.165) is 24.2 Å². The van der Waals surface area contributed by atoms with Crippen LogP contribution in [0.25, 0.3) is 0 Å².